The molecule has 2 rings (SSSR count). The molecule has 1 saturated heterocycles. The molecule has 1 aromatic carbocycles. The van der Waals surface area contributed by atoms with Gasteiger partial charge >= 0.3 is 0 Å². The van der Waals surface area contributed by atoms with E-state index in [1.165, 1.54) is 24.9 Å². The van der Waals surface area contributed by atoms with Crippen molar-refractivity contribution < 1.29 is 0 Å². The van der Waals surface area contributed by atoms with Gasteiger partial charge in [-0.1, -0.05) is 29.3 Å². The lowest BCUT2D eigenvalue weighted by Gasteiger charge is -2.32. The molecular weight excluding hydrogens is 303 g/mol. The largest absolute Gasteiger partial charge is 0.319 e. The second kappa shape index (κ2) is 8.33. The third-order valence-electron chi connectivity index (χ3n) is 3.50. The molecule has 1 fully saturated rings. The summed E-state index contributed by atoms with van der Waals surface area (Å²) in [4.78, 5) is 2.49. The third-order valence-corrected chi connectivity index (χ3v) is 4.09. The average molecular weight is 324 g/mol. The zero-order valence-corrected chi connectivity index (χ0v) is 13.5. The van der Waals surface area contributed by atoms with E-state index in [-0.39, 0.29) is 12.4 Å². The fourth-order valence-corrected chi connectivity index (χ4v) is 3.11. The van der Waals surface area contributed by atoms with Crippen LogP contribution < -0.4 is 5.32 Å². The minimum absolute atomic E-state index is 0. The maximum absolute atomic E-state index is 6.22. The average Bonchev–Trinajstić information content (AvgIpc) is 2.34. The Balaban J connectivity index is 0.00000180. The Morgan fingerprint density at radius 2 is 2.16 bits per heavy atom. The lowest BCUT2D eigenvalue weighted by Crippen LogP contribution is -2.38. The first-order valence-corrected chi connectivity index (χ1v) is 7.25. The SMILES string of the molecule is CNCC1CCCN(Cc2ccc(Cl)cc2Cl)C1.Cl. The summed E-state index contributed by atoms with van der Waals surface area (Å²) in [5, 5.41) is 4.75. The molecule has 1 aliphatic rings. The number of nitrogens with zero attached hydrogens (tertiary/aromatic N) is 1. The van der Waals surface area contributed by atoms with E-state index in [4.69, 9.17) is 23.2 Å². The van der Waals surface area contributed by atoms with Crippen molar-refractivity contribution in [2.75, 3.05) is 26.7 Å². The van der Waals surface area contributed by atoms with Gasteiger partial charge in [0.05, 0.1) is 0 Å². The topological polar surface area (TPSA) is 15.3 Å². The molecule has 108 valence electrons. The summed E-state index contributed by atoms with van der Waals surface area (Å²) >= 11 is 12.1. The van der Waals surface area contributed by atoms with Crippen LogP contribution in [0.15, 0.2) is 18.2 Å². The summed E-state index contributed by atoms with van der Waals surface area (Å²) in [6.07, 6.45) is 2.60. The van der Waals surface area contributed by atoms with E-state index < -0.39 is 0 Å². The maximum Gasteiger partial charge on any atom is 0.0465 e. The van der Waals surface area contributed by atoms with Gasteiger partial charge in [0.15, 0.2) is 0 Å². The lowest BCUT2D eigenvalue weighted by molar-refractivity contribution is 0.167. The van der Waals surface area contributed by atoms with Crippen molar-refractivity contribution in [1.82, 2.24) is 10.2 Å². The van der Waals surface area contributed by atoms with Gasteiger partial charge in [-0.2, -0.15) is 0 Å². The fraction of sp³-hybridized carbons (Fsp3) is 0.571. The summed E-state index contributed by atoms with van der Waals surface area (Å²) in [6.45, 7) is 4.35. The standard InChI is InChI=1S/C14H20Cl2N2.ClH/c1-17-8-11-3-2-6-18(9-11)10-12-4-5-13(15)7-14(12)16;/h4-5,7,11,17H,2-3,6,8-10H2,1H3;1H. The van der Waals surface area contributed by atoms with Gasteiger partial charge in [0.25, 0.3) is 0 Å². The molecule has 1 aliphatic heterocycles. The molecule has 0 saturated carbocycles. The Morgan fingerprint density at radius 3 is 2.84 bits per heavy atom. The van der Waals surface area contributed by atoms with Gasteiger partial charge in [-0.3, -0.25) is 4.90 Å². The van der Waals surface area contributed by atoms with E-state index >= 15 is 0 Å². The van der Waals surface area contributed by atoms with Crippen LogP contribution in [0.2, 0.25) is 10.0 Å². The fourth-order valence-electron chi connectivity index (χ4n) is 2.64. The molecule has 1 heterocycles. The van der Waals surface area contributed by atoms with Crippen molar-refractivity contribution in [2.24, 2.45) is 5.92 Å². The summed E-state index contributed by atoms with van der Waals surface area (Å²) in [7, 11) is 2.02. The molecule has 1 N–H and O–H groups in total. The molecule has 0 radical (unpaired) electrons. The second-order valence-corrected chi connectivity index (χ2v) is 5.88. The molecule has 1 atom stereocenters. The van der Waals surface area contributed by atoms with Crippen molar-refractivity contribution in [1.29, 1.82) is 0 Å². The van der Waals surface area contributed by atoms with Crippen molar-refractivity contribution >= 4 is 35.6 Å². The minimum Gasteiger partial charge on any atom is -0.319 e. The minimum atomic E-state index is 0. The van der Waals surface area contributed by atoms with Crippen LogP contribution in [0.3, 0.4) is 0 Å². The quantitative estimate of drug-likeness (QED) is 0.905. The number of halogens is 3. The number of hydrogen-bond acceptors (Lipinski definition) is 2. The van der Waals surface area contributed by atoms with Crippen LogP contribution in [0.25, 0.3) is 0 Å². The van der Waals surface area contributed by atoms with Gasteiger partial charge in [0.2, 0.25) is 0 Å². The number of nitrogens with one attached hydrogen (secondary N) is 1. The number of likely N-dealkylation sites (tertiary alicyclic amines) is 1. The van der Waals surface area contributed by atoms with E-state index in [9.17, 15) is 0 Å². The zero-order chi connectivity index (χ0) is 13.0. The molecule has 0 amide bonds. The predicted molar refractivity (Wildman–Crippen MR) is 85.6 cm³/mol. The molecule has 5 heteroatoms. The summed E-state index contributed by atoms with van der Waals surface area (Å²) in [6, 6.07) is 5.78. The van der Waals surface area contributed by atoms with Crippen LogP contribution in [0, 0.1) is 5.92 Å². The van der Waals surface area contributed by atoms with E-state index in [2.05, 4.69) is 10.2 Å². The third kappa shape index (κ3) is 5.13. The molecule has 1 aromatic rings. The van der Waals surface area contributed by atoms with Crippen LogP contribution >= 0.6 is 35.6 Å². The Hall–Kier alpha value is 0.01000. The van der Waals surface area contributed by atoms with E-state index in [1.807, 2.05) is 25.2 Å². The molecule has 0 bridgehead atoms. The first kappa shape index (κ1) is 17.1. The van der Waals surface area contributed by atoms with Crippen molar-refractivity contribution in [3.8, 4) is 0 Å². The van der Waals surface area contributed by atoms with Crippen molar-refractivity contribution in [3.05, 3.63) is 33.8 Å². The van der Waals surface area contributed by atoms with Crippen LogP contribution in [0.1, 0.15) is 18.4 Å². The number of piperidine rings is 1. The Kier molecular flexibility index (Phi) is 7.48. The summed E-state index contributed by atoms with van der Waals surface area (Å²) in [5.74, 6) is 0.759. The molecule has 2 nitrogen and oxygen atoms in total. The van der Waals surface area contributed by atoms with Gasteiger partial charge in [0.1, 0.15) is 0 Å². The van der Waals surface area contributed by atoms with Gasteiger partial charge < -0.3 is 5.32 Å². The zero-order valence-electron chi connectivity index (χ0n) is 11.2. The van der Waals surface area contributed by atoms with Gasteiger partial charge in [-0.25, -0.2) is 0 Å². The molecule has 0 aromatic heterocycles. The van der Waals surface area contributed by atoms with Gasteiger partial charge in [-0.15, -0.1) is 12.4 Å². The summed E-state index contributed by atoms with van der Waals surface area (Å²) in [5.41, 5.74) is 1.17. The Bertz CT molecular complexity index is 396. The Labute approximate surface area is 131 Å². The highest BCUT2D eigenvalue weighted by atomic mass is 35.5. The first-order chi connectivity index (χ1) is 8.69. The van der Waals surface area contributed by atoms with Crippen LogP contribution in [-0.2, 0) is 6.54 Å². The van der Waals surface area contributed by atoms with Gasteiger partial charge in [-0.05, 0) is 56.6 Å². The predicted octanol–water partition coefficient (Wildman–Crippen LogP) is 3.85. The monoisotopic (exact) mass is 322 g/mol. The highest BCUT2D eigenvalue weighted by Gasteiger charge is 2.19. The van der Waals surface area contributed by atoms with Crippen molar-refractivity contribution in [2.45, 2.75) is 19.4 Å². The molecular formula is C14H21Cl3N2. The smallest absolute Gasteiger partial charge is 0.0465 e. The first-order valence-electron chi connectivity index (χ1n) is 6.50. The maximum atomic E-state index is 6.22. The van der Waals surface area contributed by atoms with E-state index in [0.717, 1.165) is 30.6 Å². The van der Waals surface area contributed by atoms with E-state index in [1.54, 1.807) is 0 Å². The number of benzene rings is 1. The molecule has 1 unspecified atom stereocenters. The van der Waals surface area contributed by atoms with Gasteiger partial charge in [0, 0.05) is 23.1 Å². The molecule has 19 heavy (non-hydrogen) atoms. The molecule has 0 aliphatic carbocycles. The second-order valence-electron chi connectivity index (χ2n) is 5.04. The number of hydrogen-bond donors (Lipinski definition) is 1. The van der Waals surface area contributed by atoms with E-state index in [0.29, 0.717) is 5.02 Å². The normalized spacial score (nSPS) is 20.1. The highest BCUT2D eigenvalue weighted by molar-refractivity contribution is 6.35. The lowest BCUT2D eigenvalue weighted by atomic mass is 9.97. The van der Waals surface area contributed by atoms with Crippen LogP contribution in [-0.4, -0.2) is 31.6 Å². The molecule has 0 spiro atoms. The van der Waals surface area contributed by atoms with Crippen LogP contribution in [0.4, 0.5) is 0 Å². The Morgan fingerprint density at radius 1 is 1.37 bits per heavy atom. The highest BCUT2D eigenvalue weighted by Crippen LogP contribution is 2.24. The van der Waals surface area contributed by atoms with Crippen LogP contribution in [0.5, 0.6) is 0 Å². The van der Waals surface area contributed by atoms with Crippen molar-refractivity contribution in [3.63, 3.8) is 0 Å². The summed E-state index contributed by atoms with van der Waals surface area (Å²) < 4.78 is 0. The number of rotatable bonds is 4.